The Bertz CT molecular complexity index is 8340. The summed E-state index contributed by atoms with van der Waals surface area (Å²) in [6.45, 7) is 4.00. The Kier molecular flexibility index (Phi) is 21.7. The fraction of sp³-hybridized carbons (Fsp3) is 0.0164. The smallest absolute Gasteiger partial charge is 0.164 e. The zero-order valence-electron chi connectivity index (χ0n) is 72.4. The SMILES string of the molecule is CC.c1ccc(-c2ccc(-c3nc(-c4cc5ccccc5c5ccccc45)cc(-c4cc5ccccc5c5ccccc45)n3)cc2)nc1.c1ccc2cc(-c3ccc(-c4nc(-c5ccc6ccccc6c5)nc(-c5ccc6ccccc6c5)n4)cc3)ccc2c1.c1ccc2cc(-c3nc(-c4ccc(-c5cccc6cccnc56)cc4)nc(-c4ccc5ccccc5c4)n3)ccc2c1. The molecule has 0 N–H and O–H groups in total. The van der Waals surface area contributed by atoms with Gasteiger partial charge in [-0.05, 0) is 180 Å². The largest absolute Gasteiger partial charge is 0.256 e. The molecule has 10 heteroatoms. The molecule has 0 aliphatic heterocycles. The molecule has 0 radical (unpaired) electrons. The maximum absolute atomic E-state index is 5.27. The number of benzene rings is 20. The molecule has 25 rings (SSSR count). The van der Waals surface area contributed by atoms with Gasteiger partial charge in [0.15, 0.2) is 40.8 Å². The predicted molar refractivity (Wildman–Crippen MR) is 549 cm³/mol. The van der Waals surface area contributed by atoms with E-state index in [9.17, 15) is 0 Å². The van der Waals surface area contributed by atoms with Crippen molar-refractivity contribution in [2.75, 3.05) is 0 Å². The fourth-order valence-corrected chi connectivity index (χ4v) is 17.9. The van der Waals surface area contributed by atoms with E-state index in [0.717, 1.165) is 122 Å². The first-order valence-electron chi connectivity index (χ1n) is 44.6. The molecule has 5 heterocycles. The first-order chi connectivity index (χ1) is 65.3. The lowest BCUT2D eigenvalue weighted by atomic mass is 9.93. The monoisotopic (exact) mass is 1690 g/mol. The van der Waals surface area contributed by atoms with Crippen LogP contribution in [-0.2, 0) is 0 Å². The van der Waals surface area contributed by atoms with Gasteiger partial charge in [-0.15, -0.1) is 0 Å². The van der Waals surface area contributed by atoms with Gasteiger partial charge in [0.25, 0.3) is 0 Å². The molecule has 0 spiro atoms. The summed E-state index contributed by atoms with van der Waals surface area (Å²) in [7, 11) is 0. The molecule has 25 aromatic rings. The standard InChI is InChI=1S/C43H27N3.C39H25N3.C38H24N4.C2H6/c1-3-13-32-30(11-1)25-38(36-17-7-5-15-34(32)36)41-27-42(39-26-31-12-2-4-14-33(31)35-16-6-8-18-37(35)39)46-43(45-41)29-22-20-28(21-23-29)40-19-9-10-24-44-40;1-4-10-31-23-34(20-15-26(31)7-1)29-13-18-30(19-14-29)37-40-38(35-21-16-27-8-2-5-11-32(27)24-35)42-39(41-37)36-22-17-28-9-3-6-12-33(28)25-36;1-3-9-30-23-32(20-14-25(30)7-1)37-40-36(41-38(42-37)33-21-15-26-8-2-4-10-31(26)24-33)29-18-16-27(17-19-29)34-13-5-11-28-12-6-22-39-35(28)34;1-2/h1-27H;1-25H;1-24H;1-2H3. The van der Waals surface area contributed by atoms with Crippen LogP contribution in [-0.4, -0.2) is 49.8 Å². The van der Waals surface area contributed by atoms with Crippen molar-refractivity contribution in [3.63, 3.8) is 0 Å². The number of hydrogen-bond acceptors (Lipinski definition) is 10. The molecule has 5 aromatic heterocycles. The van der Waals surface area contributed by atoms with Crippen LogP contribution in [0.2, 0.25) is 0 Å². The lowest BCUT2D eigenvalue weighted by Crippen LogP contribution is -2.00. The molecule has 0 saturated heterocycles. The van der Waals surface area contributed by atoms with Gasteiger partial charge in [-0.1, -0.05) is 396 Å². The summed E-state index contributed by atoms with van der Waals surface area (Å²) in [6.07, 6.45) is 3.66. The van der Waals surface area contributed by atoms with Crippen LogP contribution >= 0.6 is 0 Å². The molecule has 0 saturated carbocycles. The zero-order valence-corrected chi connectivity index (χ0v) is 72.4. The van der Waals surface area contributed by atoms with Crippen molar-refractivity contribution in [3.05, 3.63) is 461 Å². The van der Waals surface area contributed by atoms with Gasteiger partial charge in [0.1, 0.15) is 0 Å². The van der Waals surface area contributed by atoms with Crippen molar-refractivity contribution < 1.29 is 0 Å². The molecule has 0 fully saturated rings. The maximum Gasteiger partial charge on any atom is 0.164 e. The van der Waals surface area contributed by atoms with E-state index in [2.05, 4.69) is 435 Å². The van der Waals surface area contributed by atoms with E-state index in [0.29, 0.717) is 40.8 Å². The average Bonchev–Trinajstić information content (AvgIpc) is 0.742. The van der Waals surface area contributed by atoms with Crippen molar-refractivity contribution >= 4 is 108 Å². The van der Waals surface area contributed by atoms with Crippen molar-refractivity contribution in [2.24, 2.45) is 0 Å². The molecular formula is C122H82N10. The van der Waals surface area contributed by atoms with Gasteiger partial charge in [0.05, 0.1) is 22.6 Å². The maximum atomic E-state index is 5.27. The number of hydrogen-bond donors (Lipinski definition) is 0. The van der Waals surface area contributed by atoms with Crippen molar-refractivity contribution in [2.45, 2.75) is 13.8 Å². The summed E-state index contributed by atoms with van der Waals surface area (Å²) in [4.78, 5) is 49.6. The second-order valence-corrected chi connectivity index (χ2v) is 32.6. The lowest BCUT2D eigenvalue weighted by Gasteiger charge is -2.15. The first kappa shape index (κ1) is 80.2. The molecule has 0 aliphatic carbocycles. The molecule has 0 amide bonds. The summed E-state index contributed by atoms with van der Waals surface area (Å²) < 4.78 is 0. The second-order valence-electron chi connectivity index (χ2n) is 32.6. The number of fused-ring (bicyclic) bond motifs is 12. The molecule has 20 aromatic carbocycles. The number of pyridine rings is 2. The van der Waals surface area contributed by atoms with Crippen LogP contribution in [0, 0.1) is 0 Å². The van der Waals surface area contributed by atoms with Gasteiger partial charge in [-0.3, -0.25) is 9.97 Å². The predicted octanol–water partition coefficient (Wildman–Crippen LogP) is 31.6. The average molecular weight is 1690 g/mol. The third kappa shape index (κ3) is 16.2. The summed E-state index contributed by atoms with van der Waals surface area (Å²) in [6, 6.07) is 157. The Morgan fingerprint density at radius 1 is 0.136 bits per heavy atom. The van der Waals surface area contributed by atoms with Crippen molar-refractivity contribution in [1.82, 2.24) is 49.8 Å². The van der Waals surface area contributed by atoms with Crippen molar-refractivity contribution in [1.29, 1.82) is 0 Å². The molecule has 620 valence electrons. The van der Waals surface area contributed by atoms with Crippen LogP contribution in [0.3, 0.4) is 0 Å². The van der Waals surface area contributed by atoms with E-state index in [1.54, 1.807) is 0 Å². The van der Waals surface area contributed by atoms with E-state index >= 15 is 0 Å². The highest BCUT2D eigenvalue weighted by molar-refractivity contribution is 6.16. The Labute approximate surface area is 763 Å². The van der Waals surface area contributed by atoms with Crippen LogP contribution in [0.25, 0.3) is 244 Å². The van der Waals surface area contributed by atoms with Gasteiger partial charge < -0.3 is 0 Å². The van der Waals surface area contributed by atoms with Gasteiger partial charge in [-0.25, -0.2) is 39.9 Å². The Morgan fingerprint density at radius 2 is 0.417 bits per heavy atom. The summed E-state index contributed by atoms with van der Waals surface area (Å²) in [5.74, 6) is 4.60. The highest BCUT2D eigenvalue weighted by Crippen LogP contribution is 2.42. The van der Waals surface area contributed by atoms with Gasteiger partial charge in [0, 0.05) is 79.0 Å². The normalized spacial score (nSPS) is 11.3. The fourth-order valence-electron chi connectivity index (χ4n) is 17.9. The zero-order chi connectivity index (χ0) is 88.2. The van der Waals surface area contributed by atoms with E-state index in [4.69, 9.17) is 39.9 Å². The van der Waals surface area contributed by atoms with Crippen molar-refractivity contribution in [3.8, 4) is 136 Å². The van der Waals surface area contributed by atoms with Gasteiger partial charge in [-0.2, -0.15) is 0 Å². The molecule has 0 bridgehead atoms. The van der Waals surface area contributed by atoms with E-state index < -0.39 is 0 Å². The topological polar surface area (TPSA) is 129 Å². The number of para-hydroxylation sites is 1. The highest BCUT2D eigenvalue weighted by atomic mass is 15.0. The number of nitrogens with zero attached hydrogens (tertiary/aromatic N) is 10. The van der Waals surface area contributed by atoms with E-state index in [1.807, 2.05) is 50.5 Å². The number of aromatic nitrogens is 10. The quantitative estimate of drug-likeness (QED) is 0.109. The molecular weight excluding hydrogens is 1610 g/mol. The first-order valence-corrected chi connectivity index (χ1v) is 44.6. The molecule has 0 aliphatic rings. The van der Waals surface area contributed by atoms with Crippen LogP contribution in [0.5, 0.6) is 0 Å². The molecule has 0 atom stereocenters. The Balaban J connectivity index is 0.000000115. The van der Waals surface area contributed by atoms with Crippen LogP contribution in [0.15, 0.2) is 461 Å². The van der Waals surface area contributed by atoms with Crippen LogP contribution in [0.4, 0.5) is 0 Å². The molecule has 10 nitrogen and oxygen atoms in total. The summed E-state index contributed by atoms with van der Waals surface area (Å²) in [5.41, 5.74) is 18.2. The van der Waals surface area contributed by atoms with Gasteiger partial charge >= 0.3 is 0 Å². The minimum absolute atomic E-state index is 0.638. The minimum Gasteiger partial charge on any atom is -0.256 e. The number of rotatable bonds is 12. The third-order valence-corrected chi connectivity index (χ3v) is 24.5. The highest BCUT2D eigenvalue weighted by Gasteiger charge is 2.21. The lowest BCUT2D eigenvalue weighted by molar-refractivity contribution is 1.07. The van der Waals surface area contributed by atoms with E-state index in [1.165, 1.54) is 81.0 Å². The second kappa shape index (κ2) is 35.7. The van der Waals surface area contributed by atoms with E-state index in [-0.39, 0.29) is 0 Å². The van der Waals surface area contributed by atoms with Crippen LogP contribution in [0.1, 0.15) is 13.8 Å². The molecule has 132 heavy (non-hydrogen) atoms. The van der Waals surface area contributed by atoms with Crippen LogP contribution < -0.4 is 0 Å². The minimum atomic E-state index is 0.638. The summed E-state index contributed by atoms with van der Waals surface area (Å²) >= 11 is 0. The third-order valence-electron chi connectivity index (χ3n) is 24.5. The Morgan fingerprint density at radius 3 is 0.811 bits per heavy atom. The summed E-state index contributed by atoms with van der Waals surface area (Å²) in [5, 5.41) is 22.6. The van der Waals surface area contributed by atoms with Gasteiger partial charge in [0.2, 0.25) is 0 Å². The molecule has 0 unspecified atom stereocenters. The Hall–Kier alpha value is -17.6.